The van der Waals surface area contributed by atoms with Crippen molar-refractivity contribution in [1.29, 1.82) is 0 Å². The second-order valence-electron chi connectivity index (χ2n) is 3.25. The standard InChI is InChI=1S/C10H8F3NO2/c1-16-14-8-5-7(10(11,12)13)3-2-6(8)4-9(14)15/h2-5,15H,1H3. The van der Waals surface area contributed by atoms with Crippen LogP contribution >= 0.6 is 0 Å². The van der Waals surface area contributed by atoms with E-state index < -0.39 is 11.7 Å². The van der Waals surface area contributed by atoms with Gasteiger partial charge in [-0.2, -0.15) is 13.2 Å². The van der Waals surface area contributed by atoms with Crippen LogP contribution in [0.1, 0.15) is 5.56 Å². The molecule has 3 nitrogen and oxygen atoms in total. The lowest BCUT2D eigenvalue weighted by molar-refractivity contribution is -0.137. The van der Waals surface area contributed by atoms with Crippen LogP contribution < -0.4 is 4.84 Å². The second-order valence-corrected chi connectivity index (χ2v) is 3.25. The van der Waals surface area contributed by atoms with E-state index in [1.54, 1.807) is 0 Å². The zero-order chi connectivity index (χ0) is 11.9. The van der Waals surface area contributed by atoms with Crippen LogP contribution in [0.5, 0.6) is 5.88 Å². The topological polar surface area (TPSA) is 34.4 Å². The van der Waals surface area contributed by atoms with Crippen molar-refractivity contribution in [2.45, 2.75) is 6.18 Å². The molecular weight excluding hydrogens is 223 g/mol. The van der Waals surface area contributed by atoms with Gasteiger partial charge in [0.2, 0.25) is 5.88 Å². The molecule has 0 aliphatic heterocycles. The molecule has 0 saturated heterocycles. The van der Waals surface area contributed by atoms with Gasteiger partial charge in [0.25, 0.3) is 0 Å². The highest BCUT2D eigenvalue weighted by molar-refractivity contribution is 5.82. The van der Waals surface area contributed by atoms with E-state index in [0.717, 1.165) is 16.9 Å². The van der Waals surface area contributed by atoms with Gasteiger partial charge in [0, 0.05) is 11.5 Å². The fourth-order valence-corrected chi connectivity index (χ4v) is 1.53. The van der Waals surface area contributed by atoms with Gasteiger partial charge in [-0.05, 0) is 12.1 Å². The molecule has 2 rings (SSSR count). The quantitative estimate of drug-likeness (QED) is 0.817. The second kappa shape index (κ2) is 3.33. The Labute approximate surface area is 88.6 Å². The molecule has 86 valence electrons. The maximum absolute atomic E-state index is 12.4. The largest absolute Gasteiger partial charge is 0.492 e. The molecule has 1 aromatic carbocycles. The summed E-state index contributed by atoms with van der Waals surface area (Å²) in [6, 6.07) is 4.51. The lowest BCUT2D eigenvalue weighted by atomic mass is 10.1. The lowest BCUT2D eigenvalue weighted by Gasteiger charge is -2.08. The van der Waals surface area contributed by atoms with Crippen molar-refractivity contribution in [1.82, 2.24) is 4.73 Å². The SMILES string of the molecule is COn1c(O)cc2ccc(C(F)(F)F)cc21. The third-order valence-electron chi connectivity index (χ3n) is 2.25. The third-order valence-corrected chi connectivity index (χ3v) is 2.25. The molecule has 6 heteroatoms. The molecule has 0 saturated carbocycles. The summed E-state index contributed by atoms with van der Waals surface area (Å²) in [6.45, 7) is 0. The van der Waals surface area contributed by atoms with Crippen LogP contribution in [0, 0.1) is 0 Å². The van der Waals surface area contributed by atoms with Gasteiger partial charge < -0.3 is 9.94 Å². The third kappa shape index (κ3) is 1.56. The smallest absolute Gasteiger partial charge is 0.416 e. The molecule has 2 aromatic rings. The molecule has 0 bridgehead atoms. The molecule has 0 unspecified atom stereocenters. The van der Waals surface area contributed by atoms with Gasteiger partial charge in [0.05, 0.1) is 11.1 Å². The number of rotatable bonds is 1. The molecule has 1 aromatic heterocycles. The molecule has 0 spiro atoms. The normalized spacial score (nSPS) is 12.0. The van der Waals surface area contributed by atoms with Gasteiger partial charge in [-0.1, -0.05) is 6.07 Å². The molecule has 0 fully saturated rings. The summed E-state index contributed by atoms with van der Waals surface area (Å²) in [4.78, 5) is 4.77. The first-order valence-corrected chi connectivity index (χ1v) is 4.39. The number of aromatic nitrogens is 1. The van der Waals surface area contributed by atoms with Gasteiger partial charge >= 0.3 is 6.18 Å². The van der Waals surface area contributed by atoms with E-state index in [2.05, 4.69) is 0 Å². The zero-order valence-corrected chi connectivity index (χ0v) is 8.25. The molecule has 16 heavy (non-hydrogen) atoms. The predicted octanol–water partition coefficient (Wildman–Crippen LogP) is 2.42. The van der Waals surface area contributed by atoms with Crippen LogP contribution in [0.25, 0.3) is 10.9 Å². The minimum absolute atomic E-state index is 0.176. The summed E-state index contributed by atoms with van der Waals surface area (Å²) in [6.07, 6.45) is -4.41. The van der Waals surface area contributed by atoms with Crippen molar-refractivity contribution in [2.75, 3.05) is 7.11 Å². The van der Waals surface area contributed by atoms with E-state index in [-0.39, 0.29) is 11.4 Å². The highest BCUT2D eigenvalue weighted by atomic mass is 19.4. The summed E-state index contributed by atoms with van der Waals surface area (Å²) in [7, 11) is 1.26. The van der Waals surface area contributed by atoms with Gasteiger partial charge in [-0.3, -0.25) is 0 Å². The number of hydrogen-bond donors (Lipinski definition) is 1. The summed E-state index contributed by atoms with van der Waals surface area (Å²) < 4.78 is 38.3. The number of fused-ring (bicyclic) bond motifs is 1. The van der Waals surface area contributed by atoms with Crippen molar-refractivity contribution in [3.8, 4) is 5.88 Å². The Morgan fingerprint density at radius 1 is 1.25 bits per heavy atom. The average Bonchev–Trinajstić information content (AvgIpc) is 2.50. The van der Waals surface area contributed by atoms with E-state index in [9.17, 15) is 18.3 Å². The Kier molecular flexibility index (Phi) is 2.22. The fourth-order valence-electron chi connectivity index (χ4n) is 1.53. The Morgan fingerprint density at radius 3 is 2.50 bits per heavy atom. The molecule has 1 heterocycles. The Balaban J connectivity index is 2.69. The van der Waals surface area contributed by atoms with E-state index in [4.69, 9.17) is 4.84 Å². The van der Waals surface area contributed by atoms with Crippen LogP contribution in [0.15, 0.2) is 24.3 Å². The van der Waals surface area contributed by atoms with E-state index in [1.807, 2.05) is 0 Å². The fraction of sp³-hybridized carbons (Fsp3) is 0.200. The molecule has 0 aliphatic carbocycles. The first-order chi connectivity index (χ1) is 7.43. The lowest BCUT2D eigenvalue weighted by Crippen LogP contribution is -2.07. The Hall–Kier alpha value is -1.85. The molecule has 1 N–H and O–H groups in total. The number of halogens is 3. The summed E-state index contributed by atoms with van der Waals surface area (Å²) >= 11 is 0. The van der Waals surface area contributed by atoms with Gasteiger partial charge in [0.1, 0.15) is 7.11 Å². The first-order valence-electron chi connectivity index (χ1n) is 4.39. The predicted molar refractivity (Wildman–Crippen MR) is 51.1 cm³/mol. The molecule has 0 aliphatic rings. The van der Waals surface area contributed by atoms with Crippen LogP contribution in [0.4, 0.5) is 13.2 Å². The number of nitrogens with zero attached hydrogens (tertiary/aromatic N) is 1. The molecule has 0 amide bonds. The number of alkyl halides is 3. The van der Waals surface area contributed by atoms with Crippen molar-refractivity contribution in [3.63, 3.8) is 0 Å². The van der Waals surface area contributed by atoms with Crippen LogP contribution in [-0.4, -0.2) is 16.9 Å². The maximum Gasteiger partial charge on any atom is 0.416 e. The first kappa shape index (κ1) is 10.7. The van der Waals surface area contributed by atoms with Crippen molar-refractivity contribution < 1.29 is 23.1 Å². The van der Waals surface area contributed by atoms with Crippen LogP contribution in [0.3, 0.4) is 0 Å². The number of benzene rings is 1. The monoisotopic (exact) mass is 231 g/mol. The minimum atomic E-state index is -4.41. The van der Waals surface area contributed by atoms with Crippen LogP contribution in [0.2, 0.25) is 0 Å². The van der Waals surface area contributed by atoms with Crippen molar-refractivity contribution in [2.24, 2.45) is 0 Å². The zero-order valence-electron chi connectivity index (χ0n) is 8.25. The van der Waals surface area contributed by atoms with E-state index >= 15 is 0 Å². The van der Waals surface area contributed by atoms with Gasteiger partial charge in [-0.15, -0.1) is 4.73 Å². The van der Waals surface area contributed by atoms with E-state index in [0.29, 0.717) is 5.39 Å². The number of aromatic hydroxyl groups is 1. The minimum Gasteiger partial charge on any atom is -0.492 e. The van der Waals surface area contributed by atoms with Crippen LogP contribution in [-0.2, 0) is 6.18 Å². The Bertz CT molecular complexity index is 531. The van der Waals surface area contributed by atoms with Gasteiger partial charge in [-0.25, -0.2) is 0 Å². The number of hydrogen-bond acceptors (Lipinski definition) is 2. The molecular formula is C10H8F3NO2. The molecule has 0 atom stereocenters. The summed E-state index contributed by atoms with van der Waals surface area (Å²) in [5.41, 5.74) is -0.605. The summed E-state index contributed by atoms with van der Waals surface area (Å²) in [5, 5.41) is 9.86. The van der Waals surface area contributed by atoms with E-state index in [1.165, 1.54) is 19.2 Å². The average molecular weight is 231 g/mol. The van der Waals surface area contributed by atoms with Crippen molar-refractivity contribution >= 4 is 10.9 Å². The van der Waals surface area contributed by atoms with Gasteiger partial charge in [0.15, 0.2) is 0 Å². The maximum atomic E-state index is 12.4. The summed E-state index contributed by atoms with van der Waals surface area (Å²) in [5.74, 6) is -0.239. The van der Waals surface area contributed by atoms with Crippen molar-refractivity contribution in [3.05, 3.63) is 29.8 Å². The highest BCUT2D eigenvalue weighted by Crippen LogP contribution is 2.33. The molecule has 0 radical (unpaired) electrons. The highest BCUT2D eigenvalue weighted by Gasteiger charge is 2.31. The Morgan fingerprint density at radius 2 is 1.94 bits per heavy atom.